The van der Waals surface area contributed by atoms with E-state index in [1.807, 2.05) is 13.0 Å². The summed E-state index contributed by atoms with van der Waals surface area (Å²) >= 11 is 0. The summed E-state index contributed by atoms with van der Waals surface area (Å²) in [5.41, 5.74) is 1.09. The van der Waals surface area contributed by atoms with E-state index in [2.05, 4.69) is 29.1 Å². The van der Waals surface area contributed by atoms with Crippen molar-refractivity contribution in [3.8, 4) is 0 Å². The highest BCUT2D eigenvalue weighted by Gasteiger charge is 2.43. The summed E-state index contributed by atoms with van der Waals surface area (Å²) in [7, 11) is 4.35. The Bertz CT molecular complexity index is 460. The van der Waals surface area contributed by atoms with Gasteiger partial charge in [0.05, 0.1) is 11.3 Å². The van der Waals surface area contributed by atoms with Gasteiger partial charge in [-0.15, -0.1) is 0 Å². The highest BCUT2D eigenvalue weighted by molar-refractivity contribution is 5.05. The quantitative estimate of drug-likeness (QED) is 0.842. The van der Waals surface area contributed by atoms with Gasteiger partial charge in [-0.2, -0.15) is 0 Å². The molecular weight excluding hydrogens is 254 g/mol. The molecular formula is C15H25N3O2. The lowest BCUT2D eigenvalue weighted by atomic mass is 9.89. The average Bonchev–Trinajstić information content (AvgIpc) is 2.98. The molecule has 5 nitrogen and oxygen atoms in total. The first kappa shape index (κ1) is 14.0. The predicted molar refractivity (Wildman–Crippen MR) is 76.5 cm³/mol. The van der Waals surface area contributed by atoms with Gasteiger partial charge in [0.25, 0.3) is 0 Å². The van der Waals surface area contributed by atoms with Crippen LogP contribution in [0.4, 0.5) is 0 Å². The lowest BCUT2D eigenvalue weighted by molar-refractivity contribution is -0.0932. The van der Waals surface area contributed by atoms with Crippen molar-refractivity contribution in [2.24, 2.45) is 0 Å². The second-order valence-corrected chi connectivity index (χ2v) is 6.53. The molecule has 0 unspecified atom stereocenters. The molecule has 3 rings (SSSR count). The molecule has 2 fully saturated rings. The highest BCUT2D eigenvalue weighted by atomic mass is 16.5. The second-order valence-electron chi connectivity index (χ2n) is 6.53. The smallest absolute Gasteiger partial charge is 0.133 e. The predicted octanol–water partition coefficient (Wildman–Crippen LogP) is 1.67. The van der Waals surface area contributed by atoms with Crippen LogP contribution in [0.15, 0.2) is 10.6 Å². The Morgan fingerprint density at radius 1 is 1.50 bits per heavy atom. The van der Waals surface area contributed by atoms with Crippen LogP contribution in [0.2, 0.25) is 0 Å². The fraction of sp³-hybridized carbons (Fsp3) is 0.800. The molecule has 0 saturated carbocycles. The molecule has 20 heavy (non-hydrogen) atoms. The summed E-state index contributed by atoms with van der Waals surface area (Å²) in [6, 6.07) is 2.67. The van der Waals surface area contributed by atoms with Crippen LogP contribution in [-0.2, 0) is 11.3 Å². The molecule has 1 spiro atoms. The number of ether oxygens (including phenoxy) is 1. The van der Waals surface area contributed by atoms with Crippen molar-refractivity contribution in [3.63, 3.8) is 0 Å². The fourth-order valence-electron chi connectivity index (χ4n) is 3.51. The van der Waals surface area contributed by atoms with Gasteiger partial charge < -0.3 is 14.2 Å². The number of hydrogen-bond donors (Lipinski definition) is 0. The van der Waals surface area contributed by atoms with Gasteiger partial charge in [0, 0.05) is 38.3 Å². The molecule has 2 atom stereocenters. The van der Waals surface area contributed by atoms with Crippen LogP contribution in [0.25, 0.3) is 0 Å². The molecule has 3 heterocycles. The average molecular weight is 279 g/mol. The van der Waals surface area contributed by atoms with E-state index in [1.165, 1.54) is 0 Å². The minimum atomic E-state index is 0.0615. The Balaban J connectivity index is 1.60. The van der Waals surface area contributed by atoms with Gasteiger partial charge in [-0.05, 0) is 40.3 Å². The van der Waals surface area contributed by atoms with E-state index in [1.54, 1.807) is 0 Å². The van der Waals surface area contributed by atoms with Gasteiger partial charge in [-0.1, -0.05) is 5.16 Å². The van der Waals surface area contributed by atoms with Crippen molar-refractivity contribution in [1.82, 2.24) is 15.0 Å². The Labute approximate surface area is 120 Å². The number of nitrogens with zero attached hydrogens (tertiary/aromatic N) is 3. The number of aryl methyl sites for hydroxylation is 1. The summed E-state index contributed by atoms with van der Waals surface area (Å²) in [5.74, 6) is 0.885. The van der Waals surface area contributed by atoms with Crippen LogP contribution in [0, 0.1) is 6.92 Å². The largest absolute Gasteiger partial charge is 0.373 e. The van der Waals surface area contributed by atoms with Gasteiger partial charge in [0.1, 0.15) is 5.76 Å². The van der Waals surface area contributed by atoms with E-state index in [9.17, 15) is 0 Å². The van der Waals surface area contributed by atoms with Crippen molar-refractivity contribution >= 4 is 0 Å². The summed E-state index contributed by atoms with van der Waals surface area (Å²) in [6.45, 7) is 5.80. The molecule has 0 bridgehead atoms. The lowest BCUT2D eigenvalue weighted by Gasteiger charge is -2.40. The van der Waals surface area contributed by atoms with Crippen LogP contribution in [0.5, 0.6) is 0 Å². The summed E-state index contributed by atoms with van der Waals surface area (Å²) in [5, 5.41) is 4.09. The zero-order valence-corrected chi connectivity index (χ0v) is 12.8. The van der Waals surface area contributed by atoms with Crippen molar-refractivity contribution < 1.29 is 9.26 Å². The maximum absolute atomic E-state index is 6.17. The summed E-state index contributed by atoms with van der Waals surface area (Å²) < 4.78 is 11.3. The van der Waals surface area contributed by atoms with Crippen LogP contribution in [-0.4, -0.2) is 60.4 Å². The van der Waals surface area contributed by atoms with Crippen LogP contribution in [0.1, 0.15) is 30.7 Å². The van der Waals surface area contributed by atoms with Crippen LogP contribution < -0.4 is 0 Å². The van der Waals surface area contributed by atoms with Crippen molar-refractivity contribution in [2.45, 2.75) is 44.4 Å². The first-order valence-corrected chi connectivity index (χ1v) is 7.51. The molecule has 0 amide bonds. The zero-order chi connectivity index (χ0) is 14.2. The molecule has 0 N–H and O–H groups in total. The molecule has 2 saturated heterocycles. The van der Waals surface area contributed by atoms with Gasteiger partial charge in [-0.3, -0.25) is 4.90 Å². The lowest BCUT2D eigenvalue weighted by Crippen LogP contribution is -2.48. The fourth-order valence-corrected chi connectivity index (χ4v) is 3.51. The first-order chi connectivity index (χ1) is 9.56. The van der Waals surface area contributed by atoms with E-state index in [0.717, 1.165) is 57.0 Å². The number of likely N-dealkylation sites (tertiary alicyclic amines) is 1. The van der Waals surface area contributed by atoms with E-state index in [0.29, 0.717) is 6.04 Å². The van der Waals surface area contributed by atoms with E-state index in [-0.39, 0.29) is 5.60 Å². The van der Waals surface area contributed by atoms with Gasteiger partial charge in [-0.25, -0.2) is 0 Å². The van der Waals surface area contributed by atoms with Gasteiger partial charge in [0.2, 0.25) is 0 Å². The van der Waals surface area contributed by atoms with Crippen molar-refractivity contribution in [2.75, 3.05) is 33.8 Å². The molecule has 0 aromatic carbocycles. The highest BCUT2D eigenvalue weighted by Crippen LogP contribution is 2.35. The maximum atomic E-state index is 6.17. The SMILES string of the molecule is Cc1cc(CN2CC[C@]3(C[C@@H](N(C)C)CCO3)C2)no1. The van der Waals surface area contributed by atoms with E-state index >= 15 is 0 Å². The number of hydrogen-bond acceptors (Lipinski definition) is 5. The first-order valence-electron chi connectivity index (χ1n) is 7.51. The third-order valence-corrected chi connectivity index (χ3v) is 4.66. The number of aromatic nitrogens is 1. The molecule has 5 heteroatoms. The Hall–Kier alpha value is -0.910. The third-order valence-electron chi connectivity index (χ3n) is 4.66. The standard InChI is InChI=1S/C15H25N3O2/c1-12-8-13(16-20-12)10-18-6-5-15(11-18)9-14(17(2)3)4-7-19-15/h8,14H,4-7,9-11H2,1-3H3/t14-,15-/m0/s1. The molecule has 2 aliphatic rings. The van der Waals surface area contributed by atoms with Crippen molar-refractivity contribution in [1.29, 1.82) is 0 Å². The molecule has 1 aromatic heterocycles. The molecule has 0 aliphatic carbocycles. The summed E-state index contributed by atoms with van der Waals surface area (Å²) in [4.78, 5) is 4.78. The van der Waals surface area contributed by atoms with Gasteiger partial charge in [0.15, 0.2) is 0 Å². The molecule has 112 valence electrons. The minimum absolute atomic E-state index is 0.0615. The monoisotopic (exact) mass is 279 g/mol. The summed E-state index contributed by atoms with van der Waals surface area (Å²) in [6.07, 6.45) is 3.43. The Morgan fingerprint density at radius 3 is 3.05 bits per heavy atom. The van der Waals surface area contributed by atoms with Crippen LogP contribution in [0.3, 0.4) is 0 Å². The molecule has 1 aromatic rings. The number of rotatable bonds is 3. The van der Waals surface area contributed by atoms with Gasteiger partial charge >= 0.3 is 0 Å². The minimum Gasteiger partial charge on any atom is -0.373 e. The zero-order valence-electron chi connectivity index (χ0n) is 12.8. The third kappa shape index (κ3) is 2.90. The van der Waals surface area contributed by atoms with E-state index in [4.69, 9.17) is 9.26 Å². The molecule has 2 aliphatic heterocycles. The Morgan fingerprint density at radius 2 is 2.35 bits per heavy atom. The normalized spacial score (nSPS) is 31.5. The second kappa shape index (κ2) is 5.47. The Kier molecular flexibility index (Phi) is 3.84. The maximum Gasteiger partial charge on any atom is 0.133 e. The van der Waals surface area contributed by atoms with E-state index < -0.39 is 0 Å². The van der Waals surface area contributed by atoms with Crippen LogP contribution >= 0.6 is 0 Å². The molecule has 0 radical (unpaired) electrons. The topological polar surface area (TPSA) is 41.7 Å². The van der Waals surface area contributed by atoms with Crippen molar-refractivity contribution in [3.05, 3.63) is 17.5 Å².